The summed E-state index contributed by atoms with van der Waals surface area (Å²) in [6, 6.07) is 6.04. The summed E-state index contributed by atoms with van der Waals surface area (Å²) >= 11 is 12.0. The van der Waals surface area contributed by atoms with Crippen LogP contribution in [-0.4, -0.2) is 5.38 Å². The highest BCUT2D eigenvalue weighted by molar-refractivity contribution is 6.32. The van der Waals surface area contributed by atoms with Crippen LogP contribution < -0.4 is 0 Å². The molecule has 1 aromatic rings. The van der Waals surface area contributed by atoms with Crippen molar-refractivity contribution < 1.29 is 0 Å². The topological polar surface area (TPSA) is 0 Å². The standard InChI is InChI=1S/C10H12Cl2/c1-7-4-3-5-9(10(7)12)6-8(2)11/h3-5,8H,6H2,1-2H3. The molecule has 0 fully saturated rings. The number of alkyl halides is 1. The Labute approximate surface area is 83.5 Å². The lowest BCUT2D eigenvalue weighted by atomic mass is 10.1. The molecule has 0 aliphatic carbocycles. The van der Waals surface area contributed by atoms with E-state index in [1.54, 1.807) is 0 Å². The van der Waals surface area contributed by atoms with Gasteiger partial charge in [-0.2, -0.15) is 0 Å². The maximum Gasteiger partial charge on any atom is 0.0467 e. The molecule has 0 bridgehead atoms. The largest absolute Gasteiger partial charge is 0.123 e. The Kier molecular flexibility index (Phi) is 3.42. The van der Waals surface area contributed by atoms with Crippen LogP contribution in [0.25, 0.3) is 0 Å². The van der Waals surface area contributed by atoms with E-state index in [9.17, 15) is 0 Å². The highest BCUT2D eigenvalue weighted by atomic mass is 35.5. The zero-order valence-electron chi connectivity index (χ0n) is 7.27. The lowest BCUT2D eigenvalue weighted by Crippen LogP contribution is -1.98. The molecule has 0 aliphatic heterocycles. The van der Waals surface area contributed by atoms with Crippen molar-refractivity contribution >= 4 is 23.2 Å². The zero-order valence-corrected chi connectivity index (χ0v) is 8.78. The molecule has 0 spiro atoms. The molecule has 0 saturated carbocycles. The summed E-state index contributed by atoms with van der Waals surface area (Å²) < 4.78 is 0. The van der Waals surface area contributed by atoms with Gasteiger partial charge >= 0.3 is 0 Å². The highest BCUT2D eigenvalue weighted by Gasteiger charge is 2.05. The first kappa shape index (κ1) is 9.88. The Balaban J connectivity index is 2.92. The highest BCUT2D eigenvalue weighted by Crippen LogP contribution is 2.22. The molecule has 1 atom stereocenters. The van der Waals surface area contributed by atoms with Crippen molar-refractivity contribution in [3.63, 3.8) is 0 Å². The summed E-state index contributed by atoms with van der Waals surface area (Å²) in [5, 5.41) is 0.995. The molecule has 0 nitrogen and oxygen atoms in total. The van der Waals surface area contributed by atoms with E-state index in [0.29, 0.717) is 0 Å². The Hall–Kier alpha value is -0.200. The summed E-state index contributed by atoms with van der Waals surface area (Å²) in [4.78, 5) is 0. The first-order valence-electron chi connectivity index (χ1n) is 3.99. The number of halogens is 2. The molecule has 0 amide bonds. The average Bonchev–Trinajstić information content (AvgIpc) is 1.98. The number of aryl methyl sites for hydroxylation is 1. The van der Waals surface area contributed by atoms with Crippen LogP contribution in [0.4, 0.5) is 0 Å². The molecule has 12 heavy (non-hydrogen) atoms. The van der Waals surface area contributed by atoms with Gasteiger partial charge in [-0.15, -0.1) is 11.6 Å². The fraction of sp³-hybridized carbons (Fsp3) is 0.400. The molecule has 1 unspecified atom stereocenters. The molecule has 0 saturated heterocycles. The van der Waals surface area contributed by atoms with E-state index in [1.165, 1.54) is 0 Å². The van der Waals surface area contributed by atoms with Crippen LogP contribution in [0.3, 0.4) is 0 Å². The molecule has 66 valence electrons. The van der Waals surface area contributed by atoms with E-state index in [0.717, 1.165) is 22.6 Å². The van der Waals surface area contributed by atoms with E-state index in [4.69, 9.17) is 23.2 Å². The minimum Gasteiger partial charge on any atom is -0.123 e. The molecule has 0 N–H and O–H groups in total. The third kappa shape index (κ3) is 2.40. The molecule has 0 heterocycles. The number of benzene rings is 1. The van der Waals surface area contributed by atoms with Crippen molar-refractivity contribution in [2.45, 2.75) is 25.6 Å². The van der Waals surface area contributed by atoms with Crippen molar-refractivity contribution in [3.05, 3.63) is 34.3 Å². The molecule has 0 aromatic heterocycles. The summed E-state index contributed by atoms with van der Waals surface area (Å²) in [6.07, 6.45) is 0.835. The van der Waals surface area contributed by atoms with Crippen LogP contribution in [-0.2, 0) is 6.42 Å². The maximum absolute atomic E-state index is 6.08. The molecule has 2 heteroatoms. The predicted molar refractivity (Wildman–Crippen MR) is 55.2 cm³/mol. The minimum atomic E-state index is 0.143. The van der Waals surface area contributed by atoms with Gasteiger partial charge in [0.15, 0.2) is 0 Å². The predicted octanol–water partition coefficient (Wildman–Crippen LogP) is 3.82. The quantitative estimate of drug-likeness (QED) is 0.641. The minimum absolute atomic E-state index is 0.143. The van der Waals surface area contributed by atoms with Crippen LogP contribution in [0.5, 0.6) is 0 Å². The summed E-state index contributed by atoms with van der Waals surface area (Å²) in [5.74, 6) is 0. The van der Waals surface area contributed by atoms with E-state index in [1.807, 2.05) is 32.0 Å². The normalized spacial score (nSPS) is 13.0. The van der Waals surface area contributed by atoms with Crippen molar-refractivity contribution in [3.8, 4) is 0 Å². The first-order chi connectivity index (χ1) is 5.61. The van der Waals surface area contributed by atoms with Crippen LogP contribution in [0.15, 0.2) is 18.2 Å². The van der Waals surface area contributed by atoms with Gasteiger partial charge in [-0.05, 0) is 31.4 Å². The van der Waals surface area contributed by atoms with Crippen LogP contribution in [0.1, 0.15) is 18.1 Å². The molecule has 1 rings (SSSR count). The molecular weight excluding hydrogens is 191 g/mol. The summed E-state index contributed by atoms with van der Waals surface area (Å²) in [7, 11) is 0. The van der Waals surface area contributed by atoms with Crippen LogP contribution in [0, 0.1) is 6.92 Å². The van der Waals surface area contributed by atoms with Crippen LogP contribution in [0.2, 0.25) is 5.02 Å². The third-order valence-corrected chi connectivity index (χ3v) is 2.47. The van der Waals surface area contributed by atoms with Crippen molar-refractivity contribution in [2.24, 2.45) is 0 Å². The Morgan fingerprint density at radius 1 is 1.42 bits per heavy atom. The van der Waals surface area contributed by atoms with Crippen molar-refractivity contribution in [1.29, 1.82) is 0 Å². The van der Waals surface area contributed by atoms with E-state index >= 15 is 0 Å². The molecule has 0 radical (unpaired) electrons. The average molecular weight is 203 g/mol. The summed E-state index contributed by atoms with van der Waals surface area (Å²) in [6.45, 7) is 3.98. The second-order valence-corrected chi connectivity index (χ2v) is 4.16. The molecule has 1 aromatic carbocycles. The van der Waals surface area contributed by atoms with Gasteiger partial charge in [-0.1, -0.05) is 29.8 Å². The Morgan fingerprint density at radius 3 is 2.67 bits per heavy atom. The van der Waals surface area contributed by atoms with E-state index < -0.39 is 0 Å². The van der Waals surface area contributed by atoms with Gasteiger partial charge in [0.1, 0.15) is 0 Å². The van der Waals surface area contributed by atoms with Crippen molar-refractivity contribution in [1.82, 2.24) is 0 Å². The van der Waals surface area contributed by atoms with Gasteiger partial charge in [-0.3, -0.25) is 0 Å². The number of hydrogen-bond acceptors (Lipinski definition) is 0. The zero-order chi connectivity index (χ0) is 9.14. The van der Waals surface area contributed by atoms with Crippen molar-refractivity contribution in [2.75, 3.05) is 0 Å². The Morgan fingerprint density at radius 2 is 2.08 bits per heavy atom. The van der Waals surface area contributed by atoms with Crippen LogP contribution >= 0.6 is 23.2 Å². The Bertz CT molecular complexity index is 267. The van der Waals surface area contributed by atoms with Gasteiger partial charge in [0.2, 0.25) is 0 Å². The lowest BCUT2D eigenvalue weighted by molar-refractivity contribution is 0.930. The fourth-order valence-electron chi connectivity index (χ4n) is 1.17. The third-order valence-electron chi connectivity index (χ3n) is 1.77. The SMILES string of the molecule is Cc1cccc(CC(C)Cl)c1Cl. The first-order valence-corrected chi connectivity index (χ1v) is 4.80. The van der Waals surface area contributed by atoms with Gasteiger partial charge in [-0.25, -0.2) is 0 Å². The molecular formula is C10H12Cl2. The van der Waals surface area contributed by atoms with Gasteiger partial charge < -0.3 is 0 Å². The van der Waals surface area contributed by atoms with Gasteiger partial charge in [0, 0.05) is 10.4 Å². The smallest absolute Gasteiger partial charge is 0.0467 e. The van der Waals surface area contributed by atoms with Gasteiger partial charge in [0.25, 0.3) is 0 Å². The second kappa shape index (κ2) is 4.15. The second-order valence-electron chi connectivity index (χ2n) is 3.03. The number of hydrogen-bond donors (Lipinski definition) is 0. The van der Waals surface area contributed by atoms with E-state index in [-0.39, 0.29) is 5.38 Å². The monoisotopic (exact) mass is 202 g/mol. The van der Waals surface area contributed by atoms with E-state index in [2.05, 4.69) is 0 Å². The summed E-state index contributed by atoms with van der Waals surface area (Å²) in [5.41, 5.74) is 2.26. The van der Waals surface area contributed by atoms with Gasteiger partial charge in [0.05, 0.1) is 0 Å². The molecule has 0 aliphatic rings. The fourth-order valence-corrected chi connectivity index (χ4v) is 1.54. The number of rotatable bonds is 2. The maximum atomic E-state index is 6.08. The lowest BCUT2D eigenvalue weighted by Gasteiger charge is -2.07.